The number of benzene rings is 2. The van der Waals surface area contributed by atoms with E-state index in [0.29, 0.717) is 12.0 Å². The van der Waals surface area contributed by atoms with Crippen molar-refractivity contribution in [3.63, 3.8) is 0 Å². The van der Waals surface area contributed by atoms with Gasteiger partial charge in [0.1, 0.15) is 17.3 Å². The van der Waals surface area contributed by atoms with Gasteiger partial charge < -0.3 is 0 Å². The third-order valence-corrected chi connectivity index (χ3v) is 3.09. The number of carbonyl (C=O) groups excluding carboxylic acids is 1. The van der Waals surface area contributed by atoms with Gasteiger partial charge in [-0.05, 0) is 24.3 Å². The van der Waals surface area contributed by atoms with Crippen LogP contribution >= 0.6 is 0 Å². The van der Waals surface area contributed by atoms with Gasteiger partial charge in [0, 0.05) is 6.20 Å². The summed E-state index contributed by atoms with van der Waals surface area (Å²) in [4.78, 5) is 11.2. The number of nitrogens with zero attached hydrogens (tertiary/aromatic N) is 2. The van der Waals surface area contributed by atoms with Crippen molar-refractivity contribution in [2.45, 2.75) is 0 Å². The lowest BCUT2D eigenvalue weighted by atomic mass is 10.1. The van der Waals surface area contributed by atoms with Crippen LogP contribution in [-0.4, -0.2) is 16.1 Å². The SMILES string of the molecule is O=Cc1cn(-c2ccccc2)nc1-c1c(F)cccc1F. The molecule has 0 amide bonds. The minimum atomic E-state index is -0.753. The summed E-state index contributed by atoms with van der Waals surface area (Å²) in [6.45, 7) is 0. The minimum absolute atomic E-state index is 0.00977. The molecule has 0 spiro atoms. The first kappa shape index (κ1) is 13.2. The summed E-state index contributed by atoms with van der Waals surface area (Å²) in [5, 5.41) is 4.15. The molecule has 0 fully saturated rings. The van der Waals surface area contributed by atoms with Crippen LogP contribution in [0.2, 0.25) is 0 Å². The molecule has 2 aromatic carbocycles. The van der Waals surface area contributed by atoms with Gasteiger partial charge in [-0.15, -0.1) is 0 Å². The summed E-state index contributed by atoms with van der Waals surface area (Å²) in [6.07, 6.45) is 1.98. The molecule has 21 heavy (non-hydrogen) atoms. The van der Waals surface area contributed by atoms with Gasteiger partial charge in [-0.25, -0.2) is 13.5 Å². The first-order valence-corrected chi connectivity index (χ1v) is 6.25. The molecule has 0 unspecified atom stereocenters. The molecule has 1 heterocycles. The number of halogens is 2. The van der Waals surface area contributed by atoms with Crippen molar-refractivity contribution in [1.82, 2.24) is 9.78 Å². The van der Waals surface area contributed by atoms with Crippen molar-refractivity contribution in [3.05, 3.63) is 71.9 Å². The maximum Gasteiger partial charge on any atom is 0.153 e. The highest BCUT2D eigenvalue weighted by Gasteiger charge is 2.18. The van der Waals surface area contributed by atoms with E-state index in [1.807, 2.05) is 6.07 Å². The van der Waals surface area contributed by atoms with Crippen LogP contribution in [0, 0.1) is 11.6 Å². The van der Waals surface area contributed by atoms with Crippen LogP contribution in [0.15, 0.2) is 54.7 Å². The first-order valence-electron chi connectivity index (χ1n) is 6.25. The molecule has 104 valence electrons. The van der Waals surface area contributed by atoms with E-state index in [0.717, 1.165) is 12.1 Å². The number of aromatic nitrogens is 2. The number of aldehydes is 1. The van der Waals surface area contributed by atoms with Gasteiger partial charge in [0.25, 0.3) is 0 Å². The molecule has 0 aliphatic rings. The molecule has 0 radical (unpaired) electrons. The van der Waals surface area contributed by atoms with Crippen LogP contribution in [0.4, 0.5) is 8.78 Å². The van der Waals surface area contributed by atoms with Gasteiger partial charge in [-0.3, -0.25) is 4.79 Å². The van der Waals surface area contributed by atoms with Crippen molar-refractivity contribution in [3.8, 4) is 16.9 Å². The van der Waals surface area contributed by atoms with Gasteiger partial charge in [0.15, 0.2) is 6.29 Å². The Morgan fingerprint density at radius 3 is 2.24 bits per heavy atom. The zero-order valence-corrected chi connectivity index (χ0v) is 10.8. The summed E-state index contributed by atoms with van der Waals surface area (Å²) < 4.78 is 29.1. The summed E-state index contributed by atoms with van der Waals surface area (Å²) in [5.74, 6) is -1.51. The Balaban J connectivity index is 2.20. The predicted octanol–water partition coefficient (Wildman–Crippen LogP) is 3.63. The molecule has 3 rings (SSSR count). The minimum Gasteiger partial charge on any atom is -0.298 e. The largest absolute Gasteiger partial charge is 0.298 e. The van der Waals surface area contributed by atoms with E-state index >= 15 is 0 Å². The van der Waals surface area contributed by atoms with E-state index in [9.17, 15) is 13.6 Å². The van der Waals surface area contributed by atoms with Crippen molar-refractivity contribution in [2.75, 3.05) is 0 Å². The topological polar surface area (TPSA) is 34.9 Å². The van der Waals surface area contributed by atoms with Crippen molar-refractivity contribution in [2.24, 2.45) is 0 Å². The second-order valence-electron chi connectivity index (χ2n) is 4.43. The molecule has 0 atom stereocenters. The summed E-state index contributed by atoms with van der Waals surface area (Å²) in [7, 11) is 0. The number of carbonyl (C=O) groups is 1. The fourth-order valence-electron chi connectivity index (χ4n) is 2.10. The van der Waals surface area contributed by atoms with Gasteiger partial charge in [0.2, 0.25) is 0 Å². The molecule has 1 aromatic heterocycles. The van der Waals surface area contributed by atoms with Gasteiger partial charge in [0.05, 0.1) is 16.8 Å². The maximum absolute atomic E-state index is 13.9. The van der Waals surface area contributed by atoms with E-state index in [1.165, 1.54) is 16.9 Å². The number of para-hydroxylation sites is 1. The lowest BCUT2D eigenvalue weighted by molar-refractivity contribution is 0.112. The summed E-state index contributed by atoms with van der Waals surface area (Å²) in [5.41, 5.74) is 0.519. The molecule has 3 nitrogen and oxygen atoms in total. The zero-order valence-electron chi connectivity index (χ0n) is 10.8. The Bertz CT molecular complexity index is 777. The highest BCUT2D eigenvalue weighted by Crippen LogP contribution is 2.27. The summed E-state index contributed by atoms with van der Waals surface area (Å²) in [6, 6.07) is 12.5. The number of hydrogen-bond donors (Lipinski definition) is 0. The second kappa shape index (κ2) is 5.28. The predicted molar refractivity (Wildman–Crippen MR) is 74.3 cm³/mol. The molecule has 3 aromatic rings. The Labute approximate surface area is 119 Å². The zero-order chi connectivity index (χ0) is 14.8. The van der Waals surface area contributed by atoms with Crippen LogP contribution in [-0.2, 0) is 0 Å². The Kier molecular flexibility index (Phi) is 3.31. The third-order valence-electron chi connectivity index (χ3n) is 3.09. The fraction of sp³-hybridized carbons (Fsp3) is 0. The van der Waals surface area contributed by atoms with Crippen molar-refractivity contribution in [1.29, 1.82) is 0 Å². The molecular weight excluding hydrogens is 274 g/mol. The van der Waals surface area contributed by atoms with Gasteiger partial charge in [-0.2, -0.15) is 5.10 Å². The molecule has 0 bridgehead atoms. The molecule has 0 saturated carbocycles. The van der Waals surface area contributed by atoms with E-state index in [2.05, 4.69) is 5.10 Å². The Hall–Kier alpha value is -2.82. The molecule has 0 aliphatic heterocycles. The van der Waals surface area contributed by atoms with Crippen LogP contribution in [0.25, 0.3) is 16.9 Å². The van der Waals surface area contributed by atoms with Crippen LogP contribution < -0.4 is 0 Å². The van der Waals surface area contributed by atoms with Crippen LogP contribution in [0.5, 0.6) is 0 Å². The lowest BCUT2D eigenvalue weighted by Crippen LogP contribution is -1.96. The number of rotatable bonds is 3. The second-order valence-corrected chi connectivity index (χ2v) is 4.43. The third kappa shape index (κ3) is 2.33. The standard InChI is InChI=1S/C16H10F2N2O/c17-13-7-4-8-14(18)15(13)16-11(10-21)9-20(19-16)12-5-2-1-3-6-12/h1-10H. The fourth-order valence-corrected chi connectivity index (χ4v) is 2.10. The van der Waals surface area contributed by atoms with Crippen molar-refractivity contribution >= 4 is 6.29 Å². The van der Waals surface area contributed by atoms with Crippen LogP contribution in [0.1, 0.15) is 10.4 Å². The molecule has 0 saturated heterocycles. The molecule has 0 N–H and O–H groups in total. The number of hydrogen-bond acceptors (Lipinski definition) is 2. The van der Waals surface area contributed by atoms with Crippen LogP contribution in [0.3, 0.4) is 0 Å². The summed E-state index contributed by atoms with van der Waals surface area (Å²) >= 11 is 0. The quantitative estimate of drug-likeness (QED) is 0.688. The molecule has 0 aliphatic carbocycles. The van der Waals surface area contributed by atoms with Gasteiger partial charge >= 0.3 is 0 Å². The Morgan fingerprint density at radius 1 is 0.952 bits per heavy atom. The lowest BCUT2D eigenvalue weighted by Gasteiger charge is -2.02. The normalized spacial score (nSPS) is 10.6. The highest BCUT2D eigenvalue weighted by atomic mass is 19.1. The van der Waals surface area contributed by atoms with Gasteiger partial charge in [-0.1, -0.05) is 24.3 Å². The van der Waals surface area contributed by atoms with E-state index in [4.69, 9.17) is 0 Å². The first-order chi connectivity index (χ1) is 10.2. The van der Waals surface area contributed by atoms with E-state index < -0.39 is 11.6 Å². The average Bonchev–Trinajstić information content (AvgIpc) is 2.92. The smallest absolute Gasteiger partial charge is 0.153 e. The maximum atomic E-state index is 13.9. The van der Waals surface area contributed by atoms with Crippen molar-refractivity contribution < 1.29 is 13.6 Å². The molecule has 5 heteroatoms. The molecular formula is C16H10F2N2O. The van der Waals surface area contributed by atoms with E-state index in [1.54, 1.807) is 24.3 Å². The Morgan fingerprint density at radius 2 is 1.62 bits per heavy atom. The average molecular weight is 284 g/mol. The van der Waals surface area contributed by atoms with E-state index in [-0.39, 0.29) is 16.8 Å². The monoisotopic (exact) mass is 284 g/mol. The highest BCUT2D eigenvalue weighted by molar-refractivity contribution is 5.85.